The van der Waals surface area contributed by atoms with E-state index >= 15 is 0 Å². The monoisotopic (exact) mass is 503 g/mol. The van der Waals surface area contributed by atoms with Gasteiger partial charge in [-0.25, -0.2) is 0 Å². The lowest BCUT2D eigenvalue weighted by Crippen LogP contribution is -2.33. The Morgan fingerprint density at radius 1 is 1.09 bits per heavy atom. The van der Waals surface area contributed by atoms with Crippen LogP contribution in [0.1, 0.15) is 67.0 Å². The molecule has 1 heterocycles. The van der Waals surface area contributed by atoms with Gasteiger partial charge in [0, 0.05) is 18.0 Å². The molecule has 2 atom stereocenters. The molecule has 0 aliphatic carbocycles. The Morgan fingerprint density at radius 2 is 1.74 bits per heavy atom. The van der Waals surface area contributed by atoms with Crippen LogP contribution in [0.25, 0.3) is 0 Å². The molecule has 1 aliphatic heterocycles. The lowest BCUT2D eigenvalue weighted by molar-refractivity contribution is -0.143. The number of carbonyl (C=O) groups is 1. The molecule has 0 saturated carbocycles. The lowest BCUT2D eigenvalue weighted by atomic mass is 9.97. The molecule has 0 bridgehead atoms. The van der Waals surface area contributed by atoms with Crippen LogP contribution < -0.4 is 0 Å². The van der Waals surface area contributed by atoms with Crippen molar-refractivity contribution in [1.82, 2.24) is 4.90 Å². The minimum Gasteiger partial charge on any atom is -0.466 e. The van der Waals surface area contributed by atoms with Crippen LogP contribution in [-0.4, -0.2) is 54.9 Å². The van der Waals surface area contributed by atoms with E-state index < -0.39 is 6.10 Å². The zero-order valence-electron chi connectivity index (χ0n) is 22.0. The number of esters is 1. The van der Waals surface area contributed by atoms with Crippen molar-refractivity contribution in [1.29, 1.82) is 0 Å². The number of carbonyl (C=O) groups excluding carboxylic acids is 1. The van der Waals surface area contributed by atoms with Crippen LogP contribution in [0.4, 0.5) is 0 Å². The fourth-order valence-corrected chi connectivity index (χ4v) is 4.41. The molecule has 2 aromatic carbocycles. The van der Waals surface area contributed by atoms with Crippen molar-refractivity contribution in [3.05, 3.63) is 69.2 Å². The van der Waals surface area contributed by atoms with Gasteiger partial charge < -0.3 is 19.5 Å². The van der Waals surface area contributed by atoms with Gasteiger partial charge in [-0.15, -0.1) is 0 Å². The molecule has 0 radical (unpaired) electrons. The molecule has 1 fully saturated rings. The Balaban J connectivity index is 0.000000402. The number of ether oxygens (including phenoxy) is 2. The Labute approximate surface area is 216 Å². The second-order valence-electron chi connectivity index (χ2n) is 9.40. The number of benzene rings is 2. The lowest BCUT2D eigenvalue weighted by Gasteiger charge is -2.22. The first-order valence-electron chi connectivity index (χ1n) is 12.7. The number of aliphatic hydroxyl groups is 1. The summed E-state index contributed by atoms with van der Waals surface area (Å²) in [4.78, 5) is 14.0. The van der Waals surface area contributed by atoms with Crippen molar-refractivity contribution in [2.45, 2.75) is 72.5 Å². The van der Waals surface area contributed by atoms with Crippen molar-refractivity contribution in [3.63, 3.8) is 0 Å². The van der Waals surface area contributed by atoms with Crippen molar-refractivity contribution in [2.75, 3.05) is 32.8 Å². The summed E-state index contributed by atoms with van der Waals surface area (Å²) >= 11 is 5.81. The van der Waals surface area contributed by atoms with Gasteiger partial charge in [0.1, 0.15) is 0 Å². The second-order valence-corrected chi connectivity index (χ2v) is 9.80. The number of likely N-dealkylation sites (tertiary alicyclic amines) is 1. The molecule has 194 valence electrons. The van der Waals surface area contributed by atoms with Gasteiger partial charge in [-0.1, -0.05) is 47.5 Å². The number of hydrogen-bond acceptors (Lipinski definition) is 5. The summed E-state index contributed by atoms with van der Waals surface area (Å²) in [6, 6.07) is 12.3. The van der Waals surface area contributed by atoms with Crippen molar-refractivity contribution >= 4 is 17.6 Å². The highest BCUT2D eigenvalue weighted by molar-refractivity contribution is 6.31. The van der Waals surface area contributed by atoms with Crippen LogP contribution in [0.15, 0.2) is 36.4 Å². The summed E-state index contributed by atoms with van der Waals surface area (Å²) in [6.45, 7) is 13.5. The zero-order valence-corrected chi connectivity index (χ0v) is 22.7. The van der Waals surface area contributed by atoms with E-state index in [4.69, 9.17) is 21.1 Å². The van der Waals surface area contributed by atoms with Crippen LogP contribution in [-0.2, 0) is 20.7 Å². The van der Waals surface area contributed by atoms with E-state index in [-0.39, 0.29) is 12.1 Å². The van der Waals surface area contributed by atoms with E-state index in [1.54, 1.807) is 0 Å². The minimum absolute atomic E-state index is 0.124. The van der Waals surface area contributed by atoms with Crippen LogP contribution in [0.5, 0.6) is 0 Å². The van der Waals surface area contributed by atoms with Gasteiger partial charge in [-0.05, 0) is 95.3 Å². The fraction of sp³-hybridized carbons (Fsp3) is 0.552. The summed E-state index contributed by atoms with van der Waals surface area (Å²) in [7, 11) is 0. The molecule has 3 rings (SSSR count). The molecule has 1 aliphatic rings. The standard InChI is InChI=1S/C21H33NO4.C8H9Cl/c1-4-25-21(24)10-8-18-13-16(2)7-9-20(18)17(3)26-15-19(23)14-22-11-5-6-12-22;1-6-3-4-7(2)8(9)5-6/h7,9,13,17,19,23H,4-6,8,10-12,14-15H2,1-3H3;3-5H,1-2H3. The van der Waals surface area contributed by atoms with Crippen molar-refractivity contribution in [3.8, 4) is 0 Å². The molecular formula is C29H42ClNO4. The molecule has 0 amide bonds. The van der Waals surface area contributed by atoms with Gasteiger partial charge in [0.2, 0.25) is 0 Å². The Hall–Kier alpha value is -1.92. The first-order valence-corrected chi connectivity index (χ1v) is 13.1. The number of hydrogen-bond donors (Lipinski definition) is 1. The quantitative estimate of drug-likeness (QED) is 0.404. The van der Waals surface area contributed by atoms with E-state index in [9.17, 15) is 9.90 Å². The van der Waals surface area contributed by atoms with Gasteiger partial charge in [-0.2, -0.15) is 0 Å². The number of nitrogens with zero attached hydrogens (tertiary/aromatic N) is 1. The molecule has 2 aromatic rings. The number of rotatable bonds is 10. The topological polar surface area (TPSA) is 59.0 Å². The molecule has 0 spiro atoms. The van der Waals surface area contributed by atoms with E-state index in [2.05, 4.69) is 29.2 Å². The summed E-state index contributed by atoms with van der Waals surface area (Å²) < 4.78 is 11.0. The van der Waals surface area contributed by atoms with Crippen molar-refractivity contribution in [2.24, 2.45) is 0 Å². The van der Waals surface area contributed by atoms with Crippen LogP contribution in [0.2, 0.25) is 5.02 Å². The molecule has 2 unspecified atom stereocenters. The number of aliphatic hydroxyl groups excluding tert-OH is 1. The maximum Gasteiger partial charge on any atom is 0.306 e. The SMILES string of the molecule is CCOC(=O)CCc1cc(C)ccc1C(C)OCC(O)CN1CCCC1.Cc1ccc(C)c(Cl)c1. The average molecular weight is 504 g/mol. The van der Waals surface area contributed by atoms with Gasteiger partial charge in [0.05, 0.1) is 25.4 Å². The van der Waals surface area contributed by atoms with E-state index in [1.807, 2.05) is 46.8 Å². The zero-order chi connectivity index (χ0) is 25.8. The molecule has 1 N–H and O–H groups in total. The largest absolute Gasteiger partial charge is 0.466 e. The highest BCUT2D eigenvalue weighted by Gasteiger charge is 2.18. The molecule has 5 nitrogen and oxygen atoms in total. The average Bonchev–Trinajstić information content (AvgIpc) is 3.32. The molecule has 6 heteroatoms. The third-order valence-corrected chi connectivity index (χ3v) is 6.58. The van der Waals surface area contributed by atoms with Gasteiger partial charge in [0.25, 0.3) is 0 Å². The summed E-state index contributed by atoms with van der Waals surface area (Å²) in [6.07, 6.45) is 2.85. The Bertz CT molecular complexity index is 927. The van der Waals surface area contributed by atoms with Crippen LogP contribution in [0.3, 0.4) is 0 Å². The smallest absolute Gasteiger partial charge is 0.306 e. The maximum atomic E-state index is 11.7. The fourth-order valence-electron chi connectivity index (χ4n) is 4.18. The van der Waals surface area contributed by atoms with Gasteiger partial charge in [-0.3, -0.25) is 4.79 Å². The normalized spacial score (nSPS) is 15.3. The third-order valence-electron chi connectivity index (χ3n) is 6.17. The Kier molecular flexibility index (Phi) is 12.8. The minimum atomic E-state index is -0.469. The summed E-state index contributed by atoms with van der Waals surface area (Å²) in [5, 5.41) is 11.1. The molecule has 1 saturated heterocycles. The first kappa shape index (κ1) is 29.3. The summed E-state index contributed by atoms with van der Waals surface area (Å²) in [5.41, 5.74) is 5.70. The van der Waals surface area contributed by atoms with Gasteiger partial charge in [0.15, 0.2) is 0 Å². The van der Waals surface area contributed by atoms with E-state index in [0.717, 1.165) is 40.4 Å². The van der Waals surface area contributed by atoms with Gasteiger partial charge >= 0.3 is 5.97 Å². The number of halogens is 1. The number of aryl methyl sites for hydroxylation is 4. The highest BCUT2D eigenvalue weighted by Crippen LogP contribution is 2.24. The second kappa shape index (κ2) is 15.2. The molecular weight excluding hydrogens is 462 g/mol. The van der Waals surface area contributed by atoms with Crippen LogP contribution >= 0.6 is 11.6 Å². The predicted octanol–water partition coefficient (Wildman–Crippen LogP) is 5.98. The van der Waals surface area contributed by atoms with Crippen molar-refractivity contribution < 1.29 is 19.4 Å². The Morgan fingerprint density at radius 3 is 2.37 bits per heavy atom. The summed E-state index contributed by atoms with van der Waals surface area (Å²) in [5.74, 6) is -0.172. The third kappa shape index (κ3) is 10.7. The first-order chi connectivity index (χ1) is 16.7. The molecule has 35 heavy (non-hydrogen) atoms. The van der Waals surface area contributed by atoms with E-state index in [1.165, 1.54) is 18.4 Å². The highest BCUT2D eigenvalue weighted by atomic mass is 35.5. The van der Waals surface area contributed by atoms with E-state index in [0.29, 0.717) is 32.6 Å². The van der Waals surface area contributed by atoms with Crippen LogP contribution in [0, 0.1) is 20.8 Å². The molecule has 0 aromatic heterocycles. The number of β-amino-alcohol motifs (C(OH)–C–C–N with tert-alkyl or cyclic N) is 1. The predicted molar refractivity (Wildman–Crippen MR) is 143 cm³/mol. The maximum absolute atomic E-state index is 11.7.